The van der Waals surface area contributed by atoms with Gasteiger partial charge in [0.05, 0.1) is 6.10 Å². The molecule has 3 nitrogen and oxygen atoms in total. The van der Waals surface area contributed by atoms with Gasteiger partial charge in [0.25, 0.3) is 0 Å². The molecule has 0 amide bonds. The van der Waals surface area contributed by atoms with Gasteiger partial charge in [-0.15, -0.1) is 0 Å². The summed E-state index contributed by atoms with van der Waals surface area (Å²) in [5.41, 5.74) is 0. The van der Waals surface area contributed by atoms with Crippen LogP contribution < -0.4 is 5.32 Å². The third kappa shape index (κ3) is 1.79. The van der Waals surface area contributed by atoms with E-state index in [1.807, 2.05) is 0 Å². The molecule has 1 unspecified atom stereocenters. The van der Waals surface area contributed by atoms with Gasteiger partial charge in [-0.2, -0.15) is 0 Å². The van der Waals surface area contributed by atoms with Crippen molar-refractivity contribution in [3.05, 3.63) is 0 Å². The first-order chi connectivity index (χ1) is 5.86. The Balaban J connectivity index is 1.94. The number of nitrogens with one attached hydrogen (secondary N) is 1. The maximum atomic E-state index is 5.77. The van der Waals surface area contributed by atoms with Gasteiger partial charge < -0.3 is 15.0 Å². The van der Waals surface area contributed by atoms with Gasteiger partial charge >= 0.3 is 0 Å². The van der Waals surface area contributed by atoms with E-state index in [4.69, 9.17) is 4.74 Å². The second-order valence-corrected chi connectivity index (χ2v) is 3.87. The molecule has 0 saturated carbocycles. The number of likely N-dealkylation sites (tertiary alicyclic amines) is 1. The number of likely N-dealkylation sites (N-methyl/N-ethyl adjacent to an activating group) is 1. The summed E-state index contributed by atoms with van der Waals surface area (Å²) in [7, 11) is 2.17. The molecular formula is C9H18N2O. The van der Waals surface area contributed by atoms with Crippen LogP contribution in [0.2, 0.25) is 0 Å². The molecule has 3 heteroatoms. The normalized spacial score (nSPS) is 38.8. The summed E-state index contributed by atoms with van der Waals surface area (Å²) in [5.74, 6) is 0. The van der Waals surface area contributed by atoms with Crippen molar-refractivity contribution in [2.24, 2.45) is 0 Å². The Bertz CT molecular complexity index is 151. The topological polar surface area (TPSA) is 24.5 Å². The molecule has 12 heavy (non-hydrogen) atoms. The SMILES string of the molecule is CN1CCC2NCCCO[C@@H]2C1. The Morgan fingerprint density at radius 2 is 2.42 bits per heavy atom. The van der Waals surface area contributed by atoms with Gasteiger partial charge in [0.2, 0.25) is 0 Å². The van der Waals surface area contributed by atoms with Gasteiger partial charge in [0, 0.05) is 19.2 Å². The molecule has 2 rings (SSSR count). The summed E-state index contributed by atoms with van der Waals surface area (Å²) < 4.78 is 5.77. The van der Waals surface area contributed by atoms with E-state index in [9.17, 15) is 0 Å². The maximum Gasteiger partial charge on any atom is 0.0854 e. The third-order valence-electron chi connectivity index (χ3n) is 2.82. The number of fused-ring (bicyclic) bond motifs is 1. The molecule has 0 radical (unpaired) electrons. The van der Waals surface area contributed by atoms with E-state index in [1.54, 1.807) is 0 Å². The predicted octanol–water partition coefficient (Wildman–Crippen LogP) is 0.0690. The van der Waals surface area contributed by atoms with Crippen molar-refractivity contribution in [3.63, 3.8) is 0 Å². The molecule has 0 bridgehead atoms. The molecule has 0 aromatic heterocycles. The van der Waals surface area contributed by atoms with Crippen molar-refractivity contribution in [3.8, 4) is 0 Å². The Hall–Kier alpha value is -0.120. The number of rotatable bonds is 0. The molecule has 2 saturated heterocycles. The molecule has 2 atom stereocenters. The van der Waals surface area contributed by atoms with Crippen molar-refractivity contribution in [2.45, 2.75) is 25.0 Å². The van der Waals surface area contributed by atoms with Crippen molar-refractivity contribution >= 4 is 0 Å². The molecule has 2 heterocycles. The number of ether oxygens (including phenoxy) is 1. The third-order valence-corrected chi connectivity index (χ3v) is 2.82. The van der Waals surface area contributed by atoms with Crippen LogP contribution in [0.4, 0.5) is 0 Å². The molecule has 2 fully saturated rings. The molecule has 0 spiro atoms. The highest BCUT2D eigenvalue weighted by Gasteiger charge is 2.28. The average molecular weight is 170 g/mol. The highest BCUT2D eigenvalue weighted by Crippen LogP contribution is 2.14. The van der Waals surface area contributed by atoms with Gasteiger partial charge in [-0.3, -0.25) is 0 Å². The number of nitrogens with zero attached hydrogens (tertiary/aromatic N) is 1. The van der Waals surface area contributed by atoms with Gasteiger partial charge in [0.1, 0.15) is 0 Å². The largest absolute Gasteiger partial charge is 0.375 e. The summed E-state index contributed by atoms with van der Waals surface area (Å²) in [6, 6.07) is 0.615. The molecule has 2 aliphatic heterocycles. The minimum Gasteiger partial charge on any atom is -0.375 e. The van der Waals surface area contributed by atoms with Gasteiger partial charge in [-0.1, -0.05) is 0 Å². The zero-order valence-corrected chi connectivity index (χ0v) is 7.75. The molecule has 0 aromatic carbocycles. The smallest absolute Gasteiger partial charge is 0.0854 e. The Kier molecular flexibility index (Phi) is 2.63. The van der Waals surface area contributed by atoms with Crippen molar-refractivity contribution < 1.29 is 4.74 Å². The fourth-order valence-corrected chi connectivity index (χ4v) is 2.07. The lowest BCUT2D eigenvalue weighted by atomic mass is 10.0. The minimum absolute atomic E-state index is 0.436. The lowest BCUT2D eigenvalue weighted by molar-refractivity contribution is -0.00147. The van der Waals surface area contributed by atoms with Crippen molar-refractivity contribution in [1.82, 2.24) is 10.2 Å². The zero-order chi connectivity index (χ0) is 8.39. The van der Waals surface area contributed by atoms with Crippen LogP contribution in [-0.2, 0) is 4.74 Å². The monoisotopic (exact) mass is 170 g/mol. The molecular weight excluding hydrogens is 152 g/mol. The van der Waals surface area contributed by atoms with E-state index < -0.39 is 0 Å². The summed E-state index contributed by atoms with van der Waals surface area (Å²) in [4.78, 5) is 2.36. The first-order valence-corrected chi connectivity index (χ1v) is 4.90. The summed E-state index contributed by atoms with van der Waals surface area (Å²) in [6.07, 6.45) is 2.84. The number of hydrogen-bond donors (Lipinski definition) is 1. The summed E-state index contributed by atoms with van der Waals surface area (Å²) in [6.45, 7) is 4.36. The first kappa shape index (κ1) is 8.48. The fraction of sp³-hybridized carbons (Fsp3) is 1.00. The highest BCUT2D eigenvalue weighted by molar-refractivity contribution is 4.86. The van der Waals surface area contributed by atoms with E-state index in [0.717, 1.165) is 26.1 Å². The minimum atomic E-state index is 0.436. The predicted molar refractivity (Wildman–Crippen MR) is 48.3 cm³/mol. The van der Waals surface area contributed by atoms with Crippen LogP contribution in [0.5, 0.6) is 0 Å². The van der Waals surface area contributed by atoms with E-state index in [-0.39, 0.29) is 0 Å². The van der Waals surface area contributed by atoms with Crippen LogP contribution in [0.15, 0.2) is 0 Å². The van der Waals surface area contributed by atoms with Crippen molar-refractivity contribution in [1.29, 1.82) is 0 Å². The molecule has 0 aromatic rings. The highest BCUT2D eigenvalue weighted by atomic mass is 16.5. The van der Waals surface area contributed by atoms with Gasteiger partial charge in [-0.25, -0.2) is 0 Å². The Morgan fingerprint density at radius 1 is 1.50 bits per heavy atom. The Morgan fingerprint density at radius 3 is 3.33 bits per heavy atom. The fourth-order valence-electron chi connectivity index (χ4n) is 2.07. The zero-order valence-electron chi connectivity index (χ0n) is 7.75. The van der Waals surface area contributed by atoms with E-state index in [1.165, 1.54) is 13.0 Å². The lowest BCUT2D eigenvalue weighted by Gasteiger charge is -2.35. The molecule has 2 aliphatic rings. The van der Waals surface area contributed by atoms with Gasteiger partial charge in [0.15, 0.2) is 0 Å². The van der Waals surface area contributed by atoms with Crippen LogP contribution in [0, 0.1) is 0 Å². The van der Waals surface area contributed by atoms with Crippen LogP contribution >= 0.6 is 0 Å². The number of piperidine rings is 1. The van der Waals surface area contributed by atoms with Gasteiger partial charge in [-0.05, 0) is 33.0 Å². The van der Waals surface area contributed by atoms with Crippen LogP contribution in [0.25, 0.3) is 0 Å². The molecule has 1 N–H and O–H groups in total. The maximum absolute atomic E-state index is 5.77. The molecule has 0 aliphatic carbocycles. The van der Waals surface area contributed by atoms with E-state index >= 15 is 0 Å². The van der Waals surface area contributed by atoms with Crippen molar-refractivity contribution in [2.75, 3.05) is 33.3 Å². The quantitative estimate of drug-likeness (QED) is 0.557. The lowest BCUT2D eigenvalue weighted by Crippen LogP contribution is -2.51. The average Bonchev–Trinajstić information content (AvgIpc) is 2.28. The van der Waals surface area contributed by atoms with Crippen LogP contribution in [0.1, 0.15) is 12.8 Å². The molecule has 70 valence electrons. The van der Waals surface area contributed by atoms with Crippen LogP contribution in [0.3, 0.4) is 0 Å². The van der Waals surface area contributed by atoms with E-state index in [2.05, 4.69) is 17.3 Å². The second-order valence-electron chi connectivity index (χ2n) is 3.87. The summed E-state index contributed by atoms with van der Waals surface area (Å²) in [5, 5.41) is 3.55. The first-order valence-electron chi connectivity index (χ1n) is 4.90. The number of hydrogen-bond acceptors (Lipinski definition) is 3. The van der Waals surface area contributed by atoms with Crippen LogP contribution in [-0.4, -0.2) is 50.3 Å². The van der Waals surface area contributed by atoms with E-state index in [0.29, 0.717) is 12.1 Å². The standard InChI is InChI=1S/C9H18N2O/c1-11-5-3-8-9(7-11)12-6-2-4-10-8/h8-10H,2-7H2,1H3/t8?,9-/m1/s1. The summed E-state index contributed by atoms with van der Waals surface area (Å²) >= 11 is 0. The second kappa shape index (κ2) is 3.73. The Labute approximate surface area is 74.1 Å².